The molecule has 0 radical (unpaired) electrons. The molecule has 0 aliphatic heterocycles. The molecule has 1 aromatic heterocycles. The highest BCUT2D eigenvalue weighted by atomic mass is 35.5. The molecule has 0 saturated carbocycles. The van der Waals surface area contributed by atoms with Crippen molar-refractivity contribution < 1.29 is 4.79 Å². The minimum atomic E-state index is -0.758. The second kappa shape index (κ2) is 9.67. The van der Waals surface area contributed by atoms with E-state index >= 15 is 0 Å². The summed E-state index contributed by atoms with van der Waals surface area (Å²) < 4.78 is 2.06. The van der Waals surface area contributed by atoms with E-state index in [4.69, 9.17) is 11.6 Å². The first-order valence-corrected chi connectivity index (χ1v) is 10.7. The lowest BCUT2D eigenvalue weighted by Crippen LogP contribution is -2.46. The number of carbonyl (C=O) groups excluding carboxylic acids is 1. The molecule has 0 saturated heterocycles. The number of hydrogen-bond donors (Lipinski definition) is 1. The van der Waals surface area contributed by atoms with Gasteiger partial charge < -0.3 is 5.32 Å². The monoisotopic (exact) mass is 460 g/mol. The minimum Gasteiger partial charge on any atom is -0.344 e. The second-order valence-corrected chi connectivity index (χ2v) is 7.94. The van der Waals surface area contributed by atoms with Crippen LogP contribution in [0.1, 0.15) is 34.6 Å². The molecule has 1 unspecified atom stereocenters. The van der Waals surface area contributed by atoms with Gasteiger partial charge in [-0.2, -0.15) is 9.78 Å². The van der Waals surface area contributed by atoms with Crippen LogP contribution in [-0.4, -0.2) is 20.3 Å². The van der Waals surface area contributed by atoms with Crippen LogP contribution in [0.3, 0.4) is 0 Å². The molecule has 0 bridgehead atoms. The lowest BCUT2D eigenvalue weighted by Gasteiger charge is -2.16. The molecular formula is C25H21ClN4O3. The van der Waals surface area contributed by atoms with E-state index in [2.05, 4.69) is 10.4 Å². The zero-order chi connectivity index (χ0) is 23.4. The Kier molecular flexibility index (Phi) is 6.51. The van der Waals surface area contributed by atoms with Crippen molar-refractivity contribution in [1.82, 2.24) is 19.7 Å². The molecule has 33 heavy (non-hydrogen) atoms. The van der Waals surface area contributed by atoms with E-state index in [1.807, 2.05) is 55.5 Å². The van der Waals surface area contributed by atoms with Crippen molar-refractivity contribution in [3.63, 3.8) is 0 Å². The van der Waals surface area contributed by atoms with Gasteiger partial charge in [0.1, 0.15) is 0 Å². The van der Waals surface area contributed by atoms with Gasteiger partial charge >= 0.3 is 5.69 Å². The average Bonchev–Trinajstić information content (AvgIpc) is 2.83. The fourth-order valence-corrected chi connectivity index (χ4v) is 3.53. The van der Waals surface area contributed by atoms with Crippen molar-refractivity contribution in [3.8, 4) is 5.69 Å². The number of nitrogens with zero attached hydrogens (tertiary/aromatic N) is 3. The van der Waals surface area contributed by atoms with Crippen LogP contribution in [0.5, 0.6) is 0 Å². The number of rotatable bonds is 6. The Bertz CT molecular complexity index is 1380. The largest absolute Gasteiger partial charge is 0.352 e. The third kappa shape index (κ3) is 4.94. The van der Waals surface area contributed by atoms with Crippen LogP contribution in [0, 0.1) is 0 Å². The lowest BCUT2D eigenvalue weighted by molar-refractivity contribution is 0.0930. The van der Waals surface area contributed by atoms with Crippen LogP contribution in [0.2, 0.25) is 5.02 Å². The van der Waals surface area contributed by atoms with Crippen LogP contribution in [0.15, 0.2) is 94.5 Å². The fraction of sp³-hybridized carbons (Fsp3) is 0.120. The maximum atomic E-state index is 13.2. The molecule has 1 amide bonds. The van der Waals surface area contributed by atoms with Crippen LogP contribution >= 0.6 is 11.6 Å². The molecule has 1 atom stereocenters. The van der Waals surface area contributed by atoms with E-state index < -0.39 is 17.2 Å². The molecule has 1 N–H and O–H groups in total. The number of aromatic nitrogens is 3. The fourth-order valence-electron chi connectivity index (χ4n) is 3.40. The highest BCUT2D eigenvalue weighted by molar-refractivity contribution is 6.30. The summed E-state index contributed by atoms with van der Waals surface area (Å²) in [7, 11) is 0. The van der Waals surface area contributed by atoms with E-state index in [1.54, 1.807) is 36.4 Å². The Morgan fingerprint density at radius 1 is 0.939 bits per heavy atom. The van der Waals surface area contributed by atoms with Gasteiger partial charge in [0.25, 0.3) is 11.5 Å². The third-order valence-electron chi connectivity index (χ3n) is 5.18. The number of carbonyl (C=O) groups is 1. The summed E-state index contributed by atoms with van der Waals surface area (Å²) in [4.78, 5) is 39.5. The minimum absolute atomic E-state index is 0.00311. The van der Waals surface area contributed by atoms with Crippen LogP contribution in [0.25, 0.3) is 5.69 Å². The molecule has 3 aromatic carbocycles. The summed E-state index contributed by atoms with van der Waals surface area (Å²) in [5, 5.41) is 7.42. The topological polar surface area (TPSA) is 86.0 Å². The zero-order valence-corrected chi connectivity index (χ0v) is 18.6. The van der Waals surface area contributed by atoms with Crippen molar-refractivity contribution in [2.75, 3.05) is 0 Å². The zero-order valence-electron chi connectivity index (χ0n) is 17.8. The summed E-state index contributed by atoms with van der Waals surface area (Å²) in [6, 6.07) is 24.5. The van der Waals surface area contributed by atoms with Crippen molar-refractivity contribution in [1.29, 1.82) is 0 Å². The first kappa shape index (κ1) is 22.2. The number of amides is 1. The van der Waals surface area contributed by atoms with E-state index in [0.717, 1.165) is 20.4 Å². The molecule has 166 valence electrons. The van der Waals surface area contributed by atoms with Crippen LogP contribution < -0.4 is 16.6 Å². The van der Waals surface area contributed by atoms with E-state index in [1.165, 1.54) is 0 Å². The second-order valence-electron chi connectivity index (χ2n) is 7.50. The van der Waals surface area contributed by atoms with Crippen molar-refractivity contribution in [3.05, 3.63) is 128 Å². The van der Waals surface area contributed by atoms with E-state index in [9.17, 15) is 14.4 Å². The Morgan fingerprint density at radius 3 is 2.18 bits per heavy atom. The Labute approximate surface area is 194 Å². The number of hydrogen-bond acceptors (Lipinski definition) is 4. The Hall–Kier alpha value is -3.97. The van der Waals surface area contributed by atoms with Crippen molar-refractivity contribution in [2.24, 2.45) is 0 Å². The molecule has 0 spiro atoms. The number of nitrogens with one attached hydrogen (secondary N) is 1. The van der Waals surface area contributed by atoms with Crippen LogP contribution in [-0.2, 0) is 6.54 Å². The summed E-state index contributed by atoms with van der Waals surface area (Å²) in [5.41, 5.74) is 0.223. The van der Waals surface area contributed by atoms with Gasteiger partial charge in [-0.3, -0.25) is 14.2 Å². The molecule has 4 aromatic rings. The van der Waals surface area contributed by atoms with Gasteiger partial charge in [-0.15, -0.1) is 0 Å². The summed E-state index contributed by atoms with van der Waals surface area (Å²) >= 11 is 5.97. The predicted octanol–water partition coefficient (Wildman–Crippen LogP) is 3.59. The maximum absolute atomic E-state index is 13.2. The van der Waals surface area contributed by atoms with Crippen molar-refractivity contribution >= 4 is 17.5 Å². The van der Waals surface area contributed by atoms with E-state index in [0.29, 0.717) is 10.7 Å². The highest BCUT2D eigenvalue weighted by Gasteiger charge is 2.22. The van der Waals surface area contributed by atoms with E-state index in [-0.39, 0.29) is 18.3 Å². The van der Waals surface area contributed by atoms with Gasteiger partial charge in [0, 0.05) is 5.02 Å². The lowest BCUT2D eigenvalue weighted by atomic mass is 10.1. The first-order chi connectivity index (χ1) is 15.9. The van der Waals surface area contributed by atoms with Gasteiger partial charge in [-0.05, 0) is 42.3 Å². The number of halogens is 1. The van der Waals surface area contributed by atoms with Crippen LogP contribution in [0.4, 0.5) is 0 Å². The molecule has 0 aliphatic rings. The SMILES string of the molecule is CC(NC(=O)c1nn(-c2ccc(Cl)cc2)c(=O)n(Cc2ccccc2)c1=O)c1ccccc1. The quantitative estimate of drug-likeness (QED) is 0.476. The third-order valence-corrected chi connectivity index (χ3v) is 5.43. The molecule has 0 fully saturated rings. The Morgan fingerprint density at radius 2 is 1.55 bits per heavy atom. The number of benzene rings is 3. The molecule has 4 rings (SSSR count). The summed E-state index contributed by atoms with van der Waals surface area (Å²) in [5.74, 6) is -0.666. The van der Waals surface area contributed by atoms with Gasteiger partial charge in [0.05, 0.1) is 18.3 Å². The van der Waals surface area contributed by atoms with Crippen molar-refractivity contribution in [2.45, 2.75) is 19.5 Å². The predicted molar refractivity (Wildman–Crippen MR) is 127 cm³/mol. The molecule has 7 nitrogen and oxygen atoms in total. The Balaban J connectivity index is 1.80. The van der Waals surface area contributed by atoms with Gasteiger partial charge in [0.15, 0.2) is 0 Å². The maximum Gasteiger partial charge on any atom is 0.352 e. The molecule has 8 heteroatoms. The molecule has 0 aliphatic carbocycles. The van der Waals surface area contributed by atoms with Gasteiger partial charge in [-0.1, -0.05) is 72.3 Å². The standard InChI is InChI=1S/C25H21ClN4O3/c1-17(19-10-6-3-7-11-19)27-23(31)22-24(32)29(16-18-8-4-2-5-9-18)25(33)30(28-22)21-14-12-20(26)13-15-21/h2-15,17H,16H2,1H3,(H,27,31). The normalized spacial score (nSPS) is 11.7. The first-order valence-electron chi connectivity index (χ1n) is 10.3. The smallest absolute Gasteiger partial charge is 0.344 e. The van der Waals surface area contributed by atoms with Gasteiger partial charge in [-0.25, -0.2) is 4.79 Å². The average molecular weight is 461 g/mol. The summed E-state index contributed by atoms with van der Waals surface area (Å²) in [6.45, 7) is 1.81. The molecular weight excluding hydrogens is 440 g/mol. The highest BCUT2D eigenvalue weighted by Crippen LogP contribution is 2.13. The summed E-state index contributed by atoms with van der Waals surface area (Å²) in [6.07, 6.45) is 0. The molecule has 1 heterocycles. The van der Waals surface area contributed by atoms with Gasteiger partial charge in [0.2, 0.25) is 5.69 Å².